The lowest BCUT2D eigenvalue weighted by Gasteiger charge is -2.40. The molecule has 468 valence electrons. The third-order valence-electron chi connectivity index (χ3n) is 15.0. The van der Waals surface area contributed by atoms with Crippen LogP contribution in [0.25, 0.3) is 0 Å². The molecule has 0 saturated carbocycles. The predicted octanol–water partition coefficient (Wildman–Crippen LogP) is 17.9. The molecule has 81 heavy (non-hydrogen) atoms. The molecule has 12 nitrogen and oxygen atoms in total. The first-order valence-corrected chi connectivity index (χ1v) is 33.3. The summed E-state index contributed by atoms with van der Waals surface area (Å²) < 4.78 is 28.5. The topological polar surface area (TPSA) is 175 Å². The second-order valence-corrected chi connectivity index (χ2v) is 22.8. The summed E-state index contributed by atoms with van der Waals surface area (Å²) in [4.78, 5) is 51.3. The standard InChI is InChI=1S/C69H120O12/c1-4-7-10-13-16-19-22-25-27-29-31-33-35-38-40-43-46-49-52-55-61(70)77-58-60(79-62(71)56-53-50-47-44-42-39-36-34-32-30-28-26-23-20-17-14-11-8-5-2)59-78-69-67(65(74)64(73)66(81-69)68(75)76)80-63(72)57-54-51-48-45-41-37-24-21-18-15-12-9-6-3/h12,15-16,19,21,24-25,27,31,33,60,64-67,69,73-74H,4-11,13-14,17-18,20,22-23,26,28-30,32,34-59H2,1-3H3,(H,75,76)/b15-12-,19-16-,24-21-,27-25-,33-31-. The fraction of sp³-hybridized carbons (Fsp3) is 0.797. The van der Waals surface area contributed by atoms with E-state index in [-0.39, 0.29) is 25.9 Å². The van der Waals surface area contributed by atoms with Crippen LogP contribution in [0.1, 0.15) is 303 Å². The minimum atomic E-state index is -1.91. The molecular formula is C69H120O12. The monoisotopic (exact) mass is 1140 g/mol. The van der Waals surface area contributed by atoms with Crippen LogP contribution in [-0.2, 0) is 42.9 Å². The van der Waals surface area contributed by atoms with Gasteiger partial charge in [0.1, 0.15) is 18.8 Å². The highest BCUT2D eigenvalue weighted by Gasteiger charge is 2.50. The van der Waals surface area contributed by atoms with E-state index in [2.05, 4.69) is 81.5 Å². The van der Waals surface area contributed by atoms with Crippen LogP contribution in [0.2, 0.25) is 0 Å². The Hall–Kier alpha value is -3.58. The van der Waals surface area contributed by atoms with Gasteiger partial charge in [0.2, 0.25) is 0 Å². The minimum absolute atomic E-state index is 0.0435. The molecule has 0 radical (unpaired) electrons. The molecule has 0 spiro atoms. The van der Waals surface area contributed by atoms with Crippen molar-refractivity contribution >= 4 is 23.9 Å². The molecule has 0 aromatic rings. The first-order valence-electron chi connectivity index (χ1n) is 33.3. The van der Waals surface area contributed by atoms with Gasteiger partial charge in [0.25, 0.3) is 0 Å². The SMILES string of the molecule is CCC/C=C\C/C=C\CCCCCCCC(=O)OC1C(OCC(COC(=O)CCCCCCCC/C=C\C/C=C\C/C=C\CCCCC)OC(=O)CCCCCCCCCCCCCCCCCCCCC)OC(C(=O)O)C(O)C1O. The number of carboxylic acid groups (broad SMARTS) is 1. The highest BCUT2D eigenvalue weighted by Crippen LogP contribution is 2.27. The summed E-state index contributed by atoms with van der Waals surface area (Å²) in [6.07, 6.45) is 58.9. The molecule has 1 aliphatic heterocycles. The van der Waals surface area contributed by atoms with E-state index in [1.54, 1.807) is 0 Å². The first kappa shape index (κ1) is 75.4. The van der Waals surface area contributed by atoms with E-state index >= 15 is 0 Å². The van der Waals surface area contributed by atoms with E-state index in [4.69, 9.17) is 23.7 Å². The molecule has 6 atom stereocenters. The Labute approximate surface area is 494 Å². The zero-order chi connectivity index (χ0) is 58.9. The molecule has 0 aromatic carbocycles. The largest absolute Gasteiger partial charge is 0.479 e. The van der Waals surface area contributed by atoms with Gasteiger partial charge in [0.05, 0.1) is 6.61 Å². The lowest BCUT2D eigenvalue weighted by molar-refractivity contribution is -0.301. The molecule has 12 heteroatoms. The molecule has 0 amide bonds. The molecule has 6 unspecified atom stereocenters. The van der Waals surface area contributed by atoms with Crippen LogP contribution in [0, 0.1) is 0 Å². The zero-order valence-corrected chi connectivity index (χ0v) is 51.8. The van der Waals surface area contributed by atoms with Gasteiger partial charge in [-0.25, -0.2) is 4.79 Å². The summed E-state index contributed by atoms with van der Waals surface area (Å²) >= 11 is 0. The highest BCUT2D eigenvalue weighted by molar-refractivity contribution is 5.74. The van der Waals surface area contributed by atoms with Gasteiger partial charge in [-0.1, -0.05) is 261 Å². The summed E-state index contributed by atoms with van der Waals surface area (Å²) in [7, 11) is 0. The van der Waals surface area contributed by atoms with Gasteiger partial charge in [0.15, 0.2) is 24.6 Å². The van der Waals surface area contributed by atoms with Crippen LogP contribution in [0.5, 0.6) is 0 Å². The average molecular weight is 1140 g/mol. The summed E-state index contributed by atoms with van der Waals surface area (Å²) in [6.45, 7) is 5.93. The number of ether oxygens (including phenoxy) is 5. The smallest absolute Gasteiger partial charge is 0.335 e. The van der Waals surface area contributed by atoms with Gasteiger partial charge in [-0.05, 0) is 83.5 Å². The Morgan fingerprint density at radius 3 is 1.20 bits per heavy atom. The Kier molecular flexibility index (Phi) is 53.0. The van der Waals surface area contributed by atoms with Crippen molar-refractivity contribution in [3.8, 4) is 0 Å². The number of hydrogen-bond acceptors (Lipinski definition) is 11. The van der Waals surface area contributed by atoms with E-state index in [1.807, 2.05) is 0 Å². The first-order chi connectivity index (χ1) is 39.6. The van der Waals surface area contributed by atoms with Crippen LogP contribution in [-0.4, -0.2) is 89.2 Å². The Morgan fingerprint density at radius 1 is 0.407 bits per heavy atom. The van der Waals surface area contributed by atoms with Crippen LogP contribution in [0.4, 0.5) is 0 Å². The number of aliphatic hydroxyl groups excluding tert-OH is 2. The molecule has 0 aromatic heterocycles. The van der Waals surface area contributed by atoms with Crippen LogP contribution in [0.15, 0.2) is 60.8 Å². The van der Waals surface area contributed by atoms with Crippen molar-refractivity contribution in [2.24, 2.45) is 0 Å². The fourth-order valence-corrected chi connectivity index (χ4v) is 9.94. The highest BCUT2D eigenvalue weighted by atomic mass is 16.7. The number of unbranched alkanes of at least 4 members (excludes halogenated alkanes) is 33. The minimum Gasteiger partial charge on any atom is -0.479 e. The van der Waals surface area contributed by atoms with Gasteiger partial charge < -0.3 is 39.0 Å². The Balaban J connectivity index is 2.65. The number of carbonyl (C=O) groups excluding carboxylic acids is 3. The van der Waals surface area contributed by atoms with Gasteiger partial charge in [-0.2, -0.15) is 0 Å². The van der Waals surface area contributed by atoms with E-state index in [0.29, 0.717) is 19.3 Å². The molecule has 1 fully saturated rings. The number of aliphatic carboxylic acids is 1. The molecule has 3 N–H and O–H groups in total. The predicted molar refractivity (Wildman–Crippen MR) is 331 cm³/mol. The van der Waals surface area contributed by atoms with Crippen molar-refractivity contribution in [3.63, 3.8) is 0 Å². The van der Waals surface area contributed by atoms with Crippen molar-refractivity contribution in [3.05, 3.63) is 60.8 Å². The molecule has 1 saturated heterocycles. The van der Waals surface area contributed by atoms with Gasteiger partial charge in [-0.15, -0.1) is 0 Å². The number of esters is 3. The lowest BCUT2D eigenvalue weighted by atomic mass is 9.98. The van der Waals surface area contributed by atoms with Gasteiger partial charge >= 0.3 is 23.9 Å². The number of carbonyl (C=O) groups is 4. The van der Waals surface area contributed by atoms with Crippen molar-refractivity contribution in [2.45, 2.75) is 340 Å². The lowest BCUT2D eigenvalue weighted by Crippen LogP contribution is -2.61. The number of allylic oxidation sites excluding steroid dienone is 10. The number of hydrogen-bond donors (Lipinski definition) is 3. The summed E-state index contributed by atoms with van der Waals surface area (Å²) in [5, 5.41) is 31.6. The van der Waals surface area contributed by atoms with E-state index in [1.165, 1.54) is 122 Å². The van der Waals surface area contributed by atoms with Crippen molar-refractivity contribution in [1.82, 2.24) is 0 Å². The summed E-state index contributed by atoms with van der Waals surface area (Å²) in [6, 6.07) is 0. The molecular weight excluding hydrogens is 1020 g/mol. The average Bonchev–Trinajstić information content (AvgIpc) is 3.54. The van der Waals surface area contributed by atoms with Gasteiger partial charge in [-0.3, -0.25) is 14.4 Å². The summed E-state index contributed by atoms with van der Waals surface area (Å²) in [5.41, 5.74) is 0. The molecule has 0 bridgehead atoms. The fourth-order valence-electron chi connectivity index (χ4n) is 9.94. The zero-order valence-electron chi connectivity index (χ0n) is 51.8. The number of aliphatic hydroxyl groups is 2. The van der Waals surface area contributed by atoms with Crippen LogP contribution >= 0.6 is 0 Å². The van der Waals surface area contributed by atoms with Crippen LogP contribution < -0.4 is 0 Å². The Morgan fingerprint density at radius 2 is 0.765 bits per heavy atom. The maximum absolute atomic E-state index is 13.2. The molecule has 1 aliphatic rings. The quantitative estimate of drug-likeness (QED) is 0.0228. The second-order valence-electron chi connectivity index (χ2n) is 22.8. The third kappa shape index (κ3) is 46.5. The summed E-state index contributed by atoms with van der Waals surface area (Å²) in [5.74, 6) is -3.13. The normalized spacial score (nSPS) is 18.1. The van der Waals surface area contributed by atoms with Crippen LogP contribution in [0.3, 0.4) is 0 Å². The maximum atomic E-state index is 13.2. The molecule has 0 aliphatic carbocycles. The van der Waals surface area contributed by atoms with E-state index in [0.717, 1.165) is 122 Å². The number of rotatable bonds is 57. The van der Waals surface area contributed by atoms with Crippen molar-refractivity contribution < 1.29 is 58.2 Å². The van der Waals surface area contributed by atoms with E-state index in [9.17, 15) is 34.5 Å². The second kappa shape index (κ2) is 56.9. The molecule has 1 heterocycles. The Bertz CT molecular complexity index is 1640. The van der Waals surface area contributed by atoms with E-state index < -0.39 is 67.3 Å². The maximum Gasteiger partial charge on any atom is 0.335 e. The van der Waals surface area contributed by atoms with Crippen molar-refractivity contribution in [1.29, 1.82) is 0 Å². The van der Waals surface area contributed by atoms with Gasteiger partial charge in [0, 0.05) is 19.3 Å². The molecule has 1 rings (SSSR count). The number of carboxylic acids is 1. The third-order valence-corrected chi connectivity index (χ3v) is 15.0. The van der Waals surface area contributed by atoms with Crippen molar-refractivity contribution in [2.75, 3.05) is 13.2 Å².